The van der Waals surface area contributed by atoms with Crippen molar-refractivity contribution >= 4 is 39.4 Å². The normalized spacial score (nSPS) is 12.7. The van der Waals surface area contributed by atoms with Crippen LogP contribution in [0.2, 0.25) is 5.02 Å². The highest BCUT2D eigenvalue weighted by Crippen LogP contribution is 2.32. The first-order valence-electron chi connectivity index (χ1n) is 9.51. The summed E-state index contributed by atoms with van der Waals surface area (Å²) in [6.07, 6.45) is 3.50. The number of nitrogen functional groups attached to an aromatic ring is 1. The maximum atomic E-state index is 6.30. The van der Waals surface area contributed by atoms with E-state index in [-0.39, 0.29) is 6.04 Å². The number of hydrogen-bond donors (Lipinski definition) is 1. The number of nitrogens with zero attached hydrogens (tertiary/aromatic N) is 7. The fourth-order valence-electron chi connectivity index (χ4n) is 3.83. The molecule has 0 spiro atoms. The predicted octanol–water partition coefficient (Wildman–Crippen LogP) is 4.02. The van der Waals surface area contributed by atoms with Gasteiger partial charge in [0.2, 0.25) is 0 Å². The van der Waals surface area contributed by atoms with Crippen molar-refractivity contribution < 1.29 is 0 Å². The van der Waals surface area contributed by atoms with Gasteiger partial charge in [-0.15, -0.1) is 0 Å². The van der Waals surface area contributed by atoms with Gasteiger partial charge in [0.05, 0.1) is 40.2 Å². The molecule has 9 heteroatoms. The minimum atomic E-state index is -0.198. The molecule has 0 saturated heterocycles. The summed E-state index contributed by atoms with van der Waals surface area (Å²) in [5.41, 5.74) is 10.2. The van der Waals surface area contributed by atoms with Crippen molar-refractivity contribution in [2.24, 2.45) is 0 Å². The van der Waals surface area contributed by atoms with E-state index in [0.717, 1.165) is 33.4 Å². The molecule has 8 nitrogen and oxygen atoms in total. The molecule has 0 aliphatic heterocycles. The molecule has 0 bridgehead atoms. The number of aryl methyl sites for hydroxylation is 2. The number of halogens is 1. The summed E-state index contributed by atoms with van der Waals surface area (Å²) in [6, 6.07) is 9.39. The highest BCUT2D eigenvalue weighted by atomic mass is 35.5. The molecule has 1 atom stereocenters. The Morgan fingerprint density at radius 2 is 1.93 bits per heavy atom. The average molecular weight is 419 g/mol. The van der Waals surface area contributed by atoms with Gasteiger partial charge < -0.3 is 5.73 Å². The number of benzene rings is 1. The van der Waals surface area contributed by atoms with Gasteiger partial charge in [-0.1, -0.05) is 11.6 Å². The molecule has 4 aromatic heterocycles. The largest absolute Gasteiger partial charge is 0.383 e. The lowest BCUT2D eigenvalue weighted by Gasteiger charge is -2.11. The van der Waals surface area contributed by atoms with Gasteiger partial charge in [0.25, 0.3) is 0 Å². The van der Waals surface area contributed by atoms with E-state index in [0.29, 0.717) is 22.3 Å². The van der Waals surface area contributed by atoms with E-state index in [1.54, 1.807) is 12.4 Å². The lowest BCUT2D eigenvalue weighted by Crippen LogP contribution is -2.11. The van der Waals surface area contributed by atoms with Crippen LogP contribution in [0.3, 0.4) is 0 Å². The van der Waals surface area contributed by atoms with E-state index in [2.05, 4.69) is 15.0 Å². The van der Waals surface area contributed by atoms with Crippen LogP contribution >= 0.6 is 11.6 Å². The zero-order chi connectivity index (χ0) is 21.0. The summed E-state index contributed by atoms with van der Waals surface area (Å²) in [4.78, 5) is 13.1. The number of nitrogens with two attached hydrogens (primary N) is 1. The van der Waals surface area contributed by atoms with E-state index < -0.39 is 0 Å². The van der Waals surface area contributed by atoms with E-state index in [4.69, 9.17) is 27.5 Å². The predicted molar refractivity (Wildman–Crippen MR) is 117 cm³/mol. The van der Waals surface area contributed by atoms with Crippen LogP contribution in [-0.4, -0.2) is 34.5 Å². The standard InChI is InChI=1S/C21H19ClN8/c1-11-18-20(23)25-13(3)26-21(18)29(27-11)12(2)19-16-7-6-14(22)9-17(16)30(28-19)15-5-4-8-24-10-15/h4-10,12H,1-3H3,(H2,23,25,26). The Labute approximate surface area is 177 Å². The third-order valence-electron chi connectivity index (χ3n) is 5.19. The van der Waals surface area contributed by atoms with E-state index >= 15 is 0 Å². The van der Waals surface area contributed by atoms with Crippen molar-refractivity contribution in [2.45, 2.75) is 26.8 Å². The van der Waals surface area contributed by atoms with Crippen molar-refractivity contribution in [2.75, 3.05) is 5.73 Å². The Balaban J connectivity index is 1.76. The van der Waals surface area contributed by atoms with Gasteiger partial charge in [0.15, 0.2) is 5.65 Å². The molecule has 2 N–H and O–H groups in total. The second kappa shape index (κ2) is 6.77. The number of aromatic nitrogens is 7. The smallest absolute Gasteiger partial charge is 0.164 e. The number of fused-ring (bicyclic) bond motifs is 2. The number of pyridine rings is 1. The Kier molecular flexibility index (Phi) is 4.18. The van der Waals surface area contributed by atoms with Crippen LogP contribution in [-0.2, 0) is 0 Å². The minimum absolute atomic E-state index is 0.198. The SMILES string of the molecule is Cc1nc(N)c2c(C)nn(C(C)c3nn(-c4cccnc4)c4cc(Cl)ccc34)c2n1. The van der Waals surface area contributed by atoms with Crippen LogP contribution in [0, 0.1) is 13.8 Å². The second-order valence-corrected chi connectivity index (χ2v) is 7.67. The fourth-order valence-corrected chi connectivity index (χ4v) is 4.00. The molecule has 5 rings (SSSR count). The third kappa shape index (κ3) is 2.80. The fraction of sp³-hybridized carbons (Fsp3) is 0.190. The van der Waals surface area contributed by atoms with Crippen LogP contribution in [0.25, 0.3) is 27.6 Å². The summed E-state index contributed by atoms with van der Waals surface area (Å²) in [5, 5.41) is 12.0. The van der Waals surface area contributed by atoms with Crippen LogP contribution in [0.4, 0.5) is 5.82 Å². The van der Waals surface area contributed by atoms with Crippen LogP contribution in [0.15, 0.2) is 42.7 Å². The molecule has 150 valence electrons. The first kappa shape index (κ1) is 18.5. The minimum Gasteiger partial charge on any atom is -0.383 e. The molecular formula is C21H19ClN8. The van der Waals surface area contributed by atoms with Gasteiger partial charge in [0, 0.05) is 16.6 Å². The maximum Gasteiger partial charge on any atom is 0.164 e. The number of hydrogen-bond acceptors (Lipinski definition) is 6. The zero-order valence-corrected chi connectivity index (χ0v) is 17.5. The van der Waals surface area contributed by atoms with E-state index in [1.165, 1.54) is 0 Å². The lowest BCUT2D eigenvalue weighted by molar-refractivity contribution is 0.558. The van der Waals surface area contributed by atoms with Gasteiger partial charge in [0.1, 0.15) is 11.6 Å². The van der Waals surface area contributed by atoms with Gasteiger partial charge >= 0.3 is 0 Å². The molecule has 30 heavy (non-hydrogen) atoms. The monoisotopic (exact) mass is 418 g/mol. The van der Waals surface area contributed by atoms with Crippen LogP contribution < -0.4 is 5.73 Å². The zero-order valence-electron chi connectivity index (χ0n) is 16.7. The summed E-state index contributed by atoms with van der Waals surface area (Å²) in [6.45, 7) is 5.78. The Morgan fingerprint density at radius 3 is 2.70 bits per heavy atom. The first-order valence-corrected chi connectivity index (χ1v) is 9.89. The van der Waals surface area contributed by atoms with Crippen molar-refractivity contribution in [3.63, 3.8) is 0 Å². The quantitative estimate of drug-likeness (QED) is 0.475. The summed E-state index contributed by atoms with van der Waals surface area (Å²) in [7, 11) is 0. The molecule has 0 radical (unpaired) electrons. The number of anilines is 1. The lowest BCUT2D eigenvalue weighted by atomic mass is 10.1. The highest BCUT2D eigenvalue weighted by Gasteiger charge is 2.23. The molecule has 5 aromatic rings. The molecule has 0 fully saturated rings. The molecular weight excluding hydrogens is 400 g/mol. The molecule has 1 unspecified atom stereocenters. The van der Waals surface area contributed by atoms with E-state index in [9.17, 15) is 0 Å². The summed E-state index contributed by atoms with van der Waals surface area (Å²) >= 11 is 6.30. The van der Waals surface area contributed by atoms with Gasteiger partial charge in [-0.3, -0.25) is 4.98 Å². The Morgan fingerprint density at radius 1 is 1.10 bits per heavy atom. The summed E-state index contributed by atoms with van der Waals surface area (Å²) in [5.74, 6) is 1.04. The number of rotatable bonds is 3. The molecule has 0 aliphatic carbocycles. The molecule has 0 saturated carbocycles. The van der Waals surface area contributed by atoms with Crippen molar-refractivity contribution in [1.29, 1.82) is 0 Å². The van der Waals surface area contributed by atoms with Crippen molar-refractivity contribution in [1.82, 2.24) is 34.5 Å². The molecule has 0 amide bonds. The first-order chi connectivity index (χ1) is 14.4. The van der Waals surface area contributed by atoms with Gasteiger partial charge in [-0.25, -0.2) is 19.3 Å². The molecule has 0 aliphatic rings. The highest BCUT2D eigenvalue weighted by molar-refractivity contribution is 6.31. The second-order valence-electron chi connectivity index (χ2n) is 7.23. The average Bonchev–Trinajstić information content (AvgIpc) is 3.26. The topological polar surface area (TPSA) is 100 Å². The third-order valence-corrected chi connectivity index (χ3v) is 5.43. The maximum absolute atomic E-state index is 6.30. The molecule has 1 aromatic carbocycles. The van der Waals surface area contributed by atoms with Gasteiger partial charge in [-0.2, -0.15) is 10.2 Å². The summed E-state index contributed by atoms with van der Waals surface area (Å²) < 4.78 is 3.72. The van der Waals surface area contributed by atoms with Crippen LogP contribution in [0.5, 0.6) is 0 Å². The van der Waals surface area contributed by atoms with Crippen molar-refractivity contribution in [3.8, 4) is 5.69 Å². The molecule has 4 heterocycles. The Bertz CT molecular complexity index is 1400. The Hall–Kier alpha value is -3.52. The van der Waals surface area contributed by atoms with Gasteiger partial charge in [-0.05, 0) is 51.1 Å². The van der Waals surface area contributed by atoms with E-state index in [1.807, 2.05) is 60.5 Å². The van der Waals surface area contributed by atoms with Crippen molar-refractivity contribution in [3.05, 3.63) is 65.0 Å². The van der Waals surface area contributed by atoms with Crippen LogP contribution in [0.1, 0.15) is 30.2 Å².